The third kappa shape index (κ3) is 1.83. The summed E-state index contributed by atoms with van der Waals surface area (Å²) in [7, 11) is 0. The number of aromatic nitrogens is 2. The van der Waals surface area contributed by atoms with Crippen molar-refractivity contribution >= 4 is 54.1 Å². The van der Waals surface area contributed by atoms with E-state index in [4.69, 9.17) is 4.98 Å². The van der Waals surface area contributed by atoms with Crippen molar-refractivity contribution in [1.29, 1.82) is 0 Å². The van der Waals surface area contributed by atoms with Crippen LogP contribution < -0.4 is 0 Å². The predicted molar refractivity (Wildman–Crippen MR) is 111 cm³/mol. The Balaban J connectivity index is 1.84. The minimum atomic E-state index is 0.968. The van der Waals surface area contributed by atoms with E-state index in [0.29, 0.717) is 0 Å². The van der Waals surface area contributed by atoms with Gasteiger partial charge in [-0.1, -0.05) is 48.5 Å². The SMILES string of the molecule is c1ccc2nc(-n3c4ccccc4c4ccc5ccsc5c43)ccc2c1. The maximum absolute atomic E-state index is 4.98. The number of nitrogens with zero attached hydrogens (tertiary/aromatic N) is 2. The molecule has 0 radical (unpaired) electrons. The van der Waals surface area contributed by atoms with Gasteiger partial charge in [0.1, 0.15) is 5.82 Å². The van der Waals surface area contributed by atoms with Gasteiger partial charge >= 0.3 is 0 Å². The van der Waals surface area contributed by atoms with Gasteiger partial charge in [0.05, 0.1) is 21.3 Å². The molecule has 26 heavy (non-hydrogen) atoms. The lowest BCUT2D eigenvalue weighted by Gasteiger charge is -2.08. The smallest absolute Gasteiger partial charge is 0.138 e. The van der Waals surface area contributed by atoms with Crippen LogP contribution in [0.25, 0.3) is 48.6 Å². The normalized spacial score (nSPS) is 11.8. The van der Waals surface area contributed by atoms with Crippen molar-refractivity contribution in [2.24, 2.45) is 0 Å². The summed E-state index contributed by atoms with van der Waals surface area (Å²) in [5, 5.41) is 7.17. The number of thiophene rings is 1. The summed E-state index contributed by atoms with van der Waals surface area (Å²) in [5.41, 5.74) is 3.47. The number of pyridine rings is 1. The second kappa shape index (κ2) is 5.16. The monoisotopic (exact) mass is 350 g/mol. The number of fused-ring (bicyclic) bond motifs is 6. The lowest BCUT2D eigenvalue weighted by atomic mass is 10.1. The Morgan fingerprint density at radius 3 is 2.54 bits per heavy atom. The van der Waals surface area contributed by atoms with Gasteiger partial charge in [0.25, 0.3) is 0 Å². The van der Waals surface area contributed by atoms with Crippen LogP contribution >= 0.6 is 11.3 Å². The van der Waals surface area contributed by atoms with Crippen molar-refractivity contribution in [3.63, 3.8) is 0 Å². The molecule has 0 bridgehead atoms. The molecule has 0 spiro atoms. The molecule has 0 aliphatic carbocycles. The second-order valence-electron chi connectivity index (χ2n) is 6.52. The summed E-state index contributed by atoms with van der Waals surface area (Å²) >= 11 is 1.80. The highest BCUT2D eigenvalue weighted by atomic mass is 32.1. The highest BCUT2D eigenvalue weighted by Crippen LogP contribution is 2.38. The highest BCUT2D eigenvalue weighted by molar-refractivity contribution is 7.18. The van der Waals surface area contributed by atoms with Gasteiger partial charge in [0, 0.05) is 16.2 Å². The molecule has 3 aromatic carbocycles. The van der Waals surface area contributed by atoms with Crippen molar-refractivity contribution in [2.75, 3.05) is 0 Å². The molecule has 3 aromatic heterocycles. The lowest BCUT2D eigenvalue weighted by Crippen LogP contribution is -1.97. The molecule has 0 fully saturated rings. The Hall–Kier alpha value is -3.17. The third-order valence-corrected chi connectivity index (χ3v) is 6.00. The van der Waals surface area contributed by atoms with E-state index >= 15 is 0 Å². The molecule has 0 amide bonds. The molecule has 2 nitrogen and oxygen atoms in total. The maximum Gasteiger partial charge on any atom is 0.138 e. The van der Waals surface area contributed by atoms with Crippen LogP contribution in [0.5, 0.6) is 0 Å². The van der Waals surface area contributed by atoms with Gasteiger partial charge < -0.3 is 0 Å². The fourth-order valence-electron chi connectivity index (χ4n) is 3.89. The minimum Gasteiger partial charge on any atom is -0.292 e. The molecule has 0 unspecified atom stereocenters. The molecule has 6 aromatic rings. The van der Waals surface area contributed by atoms with E-state index in [9.17, 15) is 0 Å². The first-order valence-electron chi connectivity index (χ1n) is 8.66. The Labute approximate surface area is 153 Å². The predicted octanol–water partition coefficient (Wildman–Crippen LogP) is 6.55. The standard InChI is InChI=1S/C23H14N2S/c1-3-7-19-15(5-1)10-12-21(24-19)25-20-8-4-2-6-17(20)18-11-9-16-13-14-26-23(16)22(18)25/h1-14H. The molecule has 6 rings (SSSR count). The van der Waals surface area contributed by atoms with Crippen LogP contribution in [0.2, 0.25) is 0 Å². The fourth-order valence-corrected chi connectivity index (χ4v) is 4.83. The first kappa shape index (κ1) is 14.0. The van der Waals surface area contributed by atoms with E-state index < -0.39 is 0 Å². The molecule has 0 atom stereocenters. The van der Waals surface area contributed by atoms with E-state index in [1.165, 1.54) is 37.3 Å². The summed E-state index contributed by atoms with van der Waals surface area (Å²) in [5.74, 6) is 0.968. The van der Waals surface area contributed by atoms with Crippen molar-refractivity contribution in [2.45, 2.75) is 0 Å². The highest BCUT2D eigenvalue weighted by Gasteiger charge is 2.16. The molecule has 0 aliphatic rings. The number of hydrogen-bond acceptors (Lipinski definition) is 2. The van der Waals surface area contributed by atoms with Crippen molar-refractivity contribution < 1.29 is 0 Å². The summed E-state index contributed by atoms with van der Waals surface area (Å²) in [6.45, 7) is 0. The summed E-state index contributed by atoms with van der Waals surface area (Å²) in [6.07, 6.45) is 0. The first-order chi connectivity index (χ1) is 12.9. The van der Waals surface area contributed by atoms with Gasteiger partial charge in [-0.15, -0.1) is 11.3 Å². The Morgan fingerprint density at radius 1 is 0.692 bits per heavy atom. The minimum absolute atomic E-state index is 0.968. The number of rotatable bonds is 1. The third-order valence-electron chi connectivity index (χ3n) is 5.07. The summed E-state index contributed by atoms with van der Waals surface area (Å²) < 4.78 is 3.63. The van der Waals surface area contributed by atoms with Crippen LogP contribution in [0.15, 0.2) is 84.2 Å². The van der Waals surface area contributed by atoms with E-state index in [0.717, 1.165) is 11.3 Å². The average molecular weight is 350 g/mol. The summed E-state index contributed by atoms with van der Waals surface area (Å²) in [6, 6.07) is 27.8. The maximum atomic E-state index is 4.98. The molecule has 0 N–H and O–H groups in total. The lowest BCUT2D eigenvalue weighted by molar-refractivity contribution is 1.11. The topological polar surface area (TPSA) is 17.8 Å². The quantitative estimate of drug-likeness (QED) is 0.329. The number of benzene rings is 3. The van der Waals surface area contributed by atoms with Gasteiger partial charge in [-0.05, 0) is 41.1 Å². The molecule has 3 heterocycles. The van der Waals surface area contributed by atoms with Crippen LogP contribution in [-0.2, 0) is 0 Å². The largest absolute Gasteiger partial charge is 0.292 e. The molecule has 0 saturated carbocycles. The molecular formula is C23H14N2S. The first-order valence-corrected chi connectivity index (χ1v) is 9.54. The van der Waals surface area contributed by atoms with Crippen molar-refractivity contribution in [3.8, 4) is 5.82 Å². The fraction of sp³-hybridized carbons (Fsp3) is 0. The zero-order valence-corrected chi connectivity index (χ0v) is 14.7. The molecule has 0 aliphatic heterocycles. The van der Waals surface area contributed by atoms with Crippen molar-refractivity contribution in [1.82, 2.24) is 9.55 Å². The average Bonchev–Trinajstić information content (AvgIpc) is 3.30. The van der Waals surface area contributed by atoms with Gasteiger partial charge in [-0.25, -0.2) is 4.98 Å². The second-order valence-corrected chi connectivity index (χ2v) is 7.43. The number of hydrogen-bond donors (Lipinski definition) is 0. The Kier molecular flexibility index (Phi) is 2.79. The van der Waals surface area contributed by atoms with Crippen LogP contribution in [0.3, 0.4) is 0 Å². The molecule has 122 valence electrons. The Bertz CT molecular complexity index is 1440. The van der Waals surface area contributed by atoms with Crippen LogP contribution in [0.1, 0.15) is 0 Å². The van der Waals surface area contributed by atoms with E-state index in [-0.39, 0.29) is 0 Å². The Morgan fingerprint density at radius 2 is 1.54 bits per heavy atom. The molecular weight excluding hydrogens is 336 g/mol. The molecule has 0 saturated heterocycles. The molecule has 3 heteroatoms. The van der Waals surface area contributed by atoms with Crippen LogP contribution in [0, 0.1) is 0 Å². The van der Waals surface area contributed by atoms with Crippen LogP contribution in [0.4, 0.5) is 0 Å². The zero-order chi connectivity index (χ0) is 17.1. The zero-order valence-electron chi connectivity index (χ0n) is 13.9. The number of para-hydroxylation sites is 2. The van der Waals surface area contributed by atoms with E-state index in [2.05, 4.69) is 82.7 Å². The van der Waals surface area contributed by atoms with E-state index in [1.807, 2.05) is 6.07 Å². The van der Waals surface area contributed by atoms with Gasteiger partial charge in [-0.2, -0.15) is 0 Å². The van der Waals surface area contributed by atoms with Gasteiger partial charge in [0.15, 0.2) is 0 Å². The van der Waals surface area contributed by atoms with E-state index in [1.54, 1.807) is 11.3 Å². The van der Waals surface area contributed by atoms with Crippen molar-refractivity contribution in [3.05, 3.63) is 84.2 Å². The van der Waals surface area contributed by atoms with Gasteiger partial charge in [0.2, 0.25) is 0 Å². The summed E-state index contributed by atoms with van der Waals surface area (Å²) in [4.78, 5) is 4.98. The van der Waals surface area contributed by atoms with Crippen LogP contribution in [-0.4, -0.2) is 9.55 Å². The van der Waals surface area contributed by atoms with Gasteiger partial charge in [-0.3, -0.25) is 4.57 Å².